The summed E-state index contributed by atoms with van der Waals surface area (Å²) in [7, 11) is 1.73. The maximum absolute atomic E-state index is 12.5. The average molecular weight is 291 g/mol. The molecule has 0 aromatic heterocycles. The first kappa shape index (κ1) is 15.5. The zero-order valence-corrected chi connectivity index (χ0v) is 12.2. The number of rotatable bonds is 4. The number of hydrogen-bond acceptors (Lipinski definition) is 4. The molecule has 0 spiro atoms. The molecule has 1 aromatic rings. The molecule has 0 saturated carbocycles. The highest BCUT2D eigenvalue weighted by atomic mass is 16.5. The number of hydrogen-bond donors (Lipinski definition) is 2. The van der Waals surface area contributed by atoms with Crippen LogP contribution in [0.3, 0.4) is 0 Å². The largest absolute Gasteiger partial charge is 0.381 e. The molecule has 0 bridgehead atoms. The minimum Gasteiger partial charge on any atom is -0.381 e. The number of carbonyl (C=O) groups excluding carboxylic acids is 2. The van der Waals surface area contributed by atoms with Crippen LogP contribution >= 0.6 is 0 Å². The number of nitrogens with two attached hydrogens (primary N) is 2. The second kappa shape index (κ2) is 6.24. The molecule has 114 valence electrons. The van der Waals surface area contributed by atoms with Crippen molar-refractivity contribution in [3.05, 3.63) is 35.4 Å². The van der Waals surface area contributed by atoms with Crippen molar-refractivity contribution in [3.63, 3.8) is 0 Å². The van der Waals surface area contributed by atoms with Gasteiger partial charge in [0.1, 0.15) is 0 Å². The van der Waals surface area contributed by atoms with Crippen molar-refractivity contribution < 1.29 is 14.3 Å². The Morgan fingerprint density at radius 1 is 1.24 bits per heavy atom. The van der Waals surface area contributed by atoms with Gasteiger partial charge in [-0.1, -0.05) is 12.1 Å². The quantitative estimate of drug-likeness (QED) is 0.830. The van der Waals surface area contributed by atoms with Gasteiger partial charge in [0.25, 0.3) is 0 Å². The van der Waals surface area contributed by atoms with Gasteiger partial charge in [-0.2, -0.15) is 0 Å². The molecule has 1 saturated heterocycles. The topological polar surface area (TPSA) is 98.7 Å². The van der Waals surface area contributed by atoms with E-state index in [2.05, 4.69) is 0 Å². The first-order chi connectivity index (χ1) is 9.92. The third-order valence-electron chi connectivity index (χ3n) is 3.82. The predicted molar refractivity (Wildman–Crippen MR) is 78.4 cm³/mol. The molecule has 4 N–H and O–H groups in total. The summed E-state index contributed by atoms with van der Waals surface area (Å²) in [4.78, 5) is 25.1. The molecule has 0 unspecified atom stereocenters. The van der Waals surface area contributed by atoms with E-state index in [9.17, 15) is 9.59 Å². The van der Waals surface area contributed by atoms with E-state index in [4.69, 9.17) is 16.2 Å². The van der Waals surface area contributed by atoms with Crippen molar-refractivity contribution in [3.8, 4) is 0 Å². The lowest BCUT2D eigenvalue weighted by molar-refractivity contribution is -0.139. The maximum atomic E-state index is 12.5. The van der Waals surface area contributed by atoms with Crippen LogP contribution in [0.25, 0.3) is 0 Å². The summed E-state index contributed by atoms with van der Waals surface area (Å²) in [5.41, 5.74) is 11.9. The van der Waals surface area contributed by atoms with Crippen molar-refractivity contribution in [2.45, 2.75) is 24.9 Å². The lowest BCUT2D eigenvalue weighted by Gasteiger charge is -2.35. The first-order valence-electron chi connectivity index (χ1n) is 6.93. The molecule has 0 radical (unpaired) electrons. The Balaban J connectivity index is 2.01. The summed E-state index contributed by atoms with van der Waals surface area (Å²) >= 11 is 0. The van der Waals surface area contributed by atoms with Gasteiger partial charge in [0.15, 0.2) is 0 Å². The van der Waals surface area contributed by atoms with Gasteiger partial charge in [-0.25, -0.2) is 0 Å². The standard InChI is InChI=1S/C15H21N3O3/c1-18(14(20)15(17)6-8-21-9-7-15)10-11-2-4-12(5-3-11)13(16)19/h2-5H,6-10,17H2,1H3,(H2,16,19). The normalized spacial score (nSPS) is 17.2. The highest BCUT2D eigenvalue weighted by Gasteiger charge is 2.37. The molecular formula is C15H21N3O3. The molecule has 6 heteroatoms. The Kier molecular flexibility index (Phi) is 4.59. The van der Waals surface area contributed by atoms with Crippen LogP contribution in [0.4, 0.5) is 0 Å². The fraction of sp³-hybridized carbons (Fsp3) is 0.467. The van der Waals surface area contributed by atoms with E-state index in [1.165, 1.54) is 0 Å². The van der Waals surface area contributed by atoms with Gasteiger partial charge in [0.2, 0.25) is 11.8 Å². The van der Waals surface area contributed by atoms with Gasteiger partial charge in [-0.3, -0.25) is 9.59 Å². The molecule has 1 aliphatic heterocycles. The lowest BCUT2D eigenvalue weighted by atomic mass is 9.89. The van der Waals surface area contributed by atoms with Crippen LogP contribution < -0.4 is 11.5 Å². The van der Waals surface area contributed by atoms with Gasteiger partial charge in [0, 0.05) is 32.4 Å². The fourth-order valence-electron chi connectivity index (χ4n) is 2.45. The Morgan fingerprint density at radius 3 is 2.33 bits per heavy atom. The zero-order valence-electron chi connectivity index (χ0n) is 12.2. The Morgan fingerprint density at radius 2 is 1.81 bits per heavy atom. The van der Waals surface area contributed by atoms with Crippen LogP contribution in [-0.4, -0.2) is 42.5 Å². The highest BCUT2D eigenvalue weighted by molar-refractivity contribution is 5.92. The van der Waals surface area contributed by atoms with E-state index < -0.39 is 11.4 Å². The van der Waals surface area contributed by atoms with E-state index in [1.54, 1.807) is 36.2 Å². The minimum atomic E-state index is -0.833. The van der Waals surface area contributed by atoms with E-state index in [-0.39, 0.29) is 5.91 Å². The zero-order chi connectivity index (χ0) is 15.5. The summed E-state index contributed by atoms with van der Waals surface area (Å²) in [6, 6.07) is 6.89. The molecule has 21 heavy (non-hydrogen) atoms. The average Bonchev–Trinajstić information content (AvgIpc) is 2.47. The molecule has 0 aliphatic carbocycles. The molecule has 1 heterocycles. The number of benzene rings is 1. The third-order valence-corrected chi connectivity index (χ3v) is 3.82. The van der Waals surface area contributed by atoms with Crippen molar-refractivity contribution >= 4 is 11.8 Å². The Hall–Kier alpha value is -1.92. The van der Waals surface area contributed by atoms with Crippen LogP contribution in [0.2, 0.25) is 0 Å². The Labute approximate surface area is 124 Å². The smallest absolute Gasteiger partial charge is 0.248 e. The Bertz CT molecular complexity index is 521. The van der Waals surface area contributed by atoms with Crippen molar-refractivity contribution in [1.82, 2.24) is 4.90 Å². The molecule has 1 aliphatic rings. The van der Waals surface area contributed by atoms with Crippen LogP contribution in [0, 0.1) is 0 Å². The molecule has 6 nitrogen and oxygen atoms in total. The molecule has 2 amide bonds. The number of ether oxygens (including phenoxy) is 1. The van der Waals surface area contributed by atoms with Crippen LogP contribution in [0.15, 0.2) is 24.3 Å². The van der Waals surface area contributed by atoms with Gasteiger partial charge in [0.05, 0.1) is 5.54 Å². The van der Waals surface area contributed by atoms with Crippen molar-refractivity contribution in [2.24, 2.45) is 11.5 Å². The number of amides is 2. The summed E-state index contributed by atoms with van der Waals surface area (Å²) in [5, 5.41) is 0. The highest BCUT2D eigenvalue weighted by Crippen LogP contribution is 2.21. The van der Waals surface area contributed by atoms with Gasteiger partial charge < -0.3 is 21.1 Å². The monoisotopic (exact) mass is 291 g/mol. The first-order valence-corrected chi connectivity index (χ1v) is 6.93. The summed E-state index contributed by atoms with van der Waals surface area (Å²) in [6.07, 6.45) is 1.08. The molecule has 1 aromatic carbocycles. The van der Waals surface area contributed by atoms with E-state index in [0.29, 0.717) is 38.2 Å². The van der Waals surface area contributed by atoms with Crippen molar-refractivity contribution in [2.75, 3.05) is 20.3 Å². The lowest BCUT2D eigenvalue weighted by Crippen LogP contribution is -2.57. The van der Waals surface area contributed by atoms with Crippen LogP contribution in [0.1, 0.15) is 28.8 Å². The second-order valence-corrected chi connectivity index (χ2v) is 5.49. The predicted octanol–water partition coefficient (Wildman–Crippen LogP) is 0.252. The fourth-order valence-corrected chi connectivity index (χ4v) is 2.45. The van der Waals surface area contributed by atoms with Gasteiger partial charge in [-0.05, 0) is 30.5 Å². The molecule has 2 rings (SSSR count). The summed E-state index contributed by atoms with van der Waals surface area (Å²) < 4.78 is 5.25. The third kappa shape index (κ3) is 3.59. The summed E-state index contributed by atoms with van der Waals surface area (Å²) in [6.45, 7) is 1.48. The number of primary amides is 1. The van der Waals surface area contributed by atoms with Crippen molar-refractivity contribution in [1.29, 1.82) is 0 Å². The van der Waals surface area contributed by atoms with E-state index in [0.717, 1.165) is 5.56 Å². The van der Waals surface area contributed by atoms with E-state index >= 15 is 0 Å². The van der Waals surface area contributed by atoms with Crippen LogP contribution in [0.5, 0.6) is 0 Å². The number of carbonyl (C=O) groups is 2. The number of nitrogens with zero attached hydrogens (tertiary/aromatic N) is 1. The van der Waals surface area contributed by atoms with Crippen LogP contribution in [-0.2, 0) is 16.1 Å². The summed E-state index contributed by atoms with van der Waals surface area (Å²) in [5.74, 6) is -0.543. The minimum absolute atomic E-state index is 0.0789. The van der Waals surface area contributed by atoms with E-state index in [1.807, 2.05) is 0 Å². The molecule has 1 fully saturated rings. The SMILES string of the molecule is CN(Cc1ccc(C(N)=O)cc1)C(=O)C1(N)CCOCC1. The maximum Gasteiger partial charge on any atom is 0.248 e. The van der Waals surface area contributed by atoms with Gasteiger partial charge >= 0.3 is 0 Å². The van der Waals surface area contributed by atoms with Gasteiger partial charge in [-0.15, -0.1) is 0 Å². The molecular weight excluding hydrogens is 270 g/mol. The molecule has 0 atom stereocenters. The number of likely N-dealkylation sites (N-methyl/N-ethyl adjacent to an activating group) is 1. The second-order valence-electron chi connectivity index (χ2n) is 5.49.